The van der Waals surface area contributed by atoms with E-state index in [1.54, 1.807) is 12.1 Å². The number of hydroxylamine groups is 1. The molecule has 0 aliphatic carbocycles. The molecular weight excluding hydrogens is 345 g/mol. The molecule has 1 aromatic heterocycles. The number of aromatic nitrogens is 1. The number of nitrogens with one attached hydrogen (secondary N) is 2. The number of rotatable bonds is 5. The van der Waals surface area contributed by atoms with Gasteiger partial charge in [-0.05, 0) is 29.8 Å². The number of hydrogen-bond acceptors (Lipinski definition) is 4. The van der Waals surface area contributed by atoms with E-state index in [-0.39, 0.29) is 17.3 Å². The number of halogens is 2. The van der Waals surface area contributed by atoms with E-state index in [0.717, 1.165) is 0 Å². The first-order valence-electron chi connectivity index (χ1n) is 6.26. The summed E-state index contributed by atoms with van der Waals surface area (Å²) in [7, 11) is -1.45. The van der Waals surface area contributed by atoms with Crippen LogP contribution in [0.2, 0.25) is 0 Å². The van der Waals surface area contributed by atoms with Gasteiger partial charge < -0.3 is 4.72 Å². The molecule has 0 fully saturated rings. The molecule has 0 saturated carbocycles. The first-order chi connectivity index (χ1) is 11.1. The fraction of sp³-hybridized carbons (Fsp3) is 0.143. The van der Waals surface area contributed by atoms with Crippen molar-refractivity contribution in [3.05, 3.63) is 59.7 Å². The SMILES string of the molecule is CCl.O=C(NO)c1cc(NS(=O)Cc2ccc(F)cc2)ccn1. The normalized spacial score (nSPS) is 11.0. The zero-order chi connectivity index (χ0) is 17.2. The molecule has 0 aliphatic rings. The van der Waals surface area contributed by atoms with E-state index >= 15 is 0 Å². The third kappa shape index (κ3) is 6.31. The van der Waals surface area contributed by atoms with Gasteiger partial charge in [-0.25, -0.2) is 14.1 Å². The Labute approximate surface area is 140 Å². The summed E-state index contributed by atoms with van der Waals surface area (Å²) in [6.07, 6.45) is 2.82. The van der Waals surface area contributed by atoms with Gasteiger partial charge in [0.1, 0.15) is 22.5 Å². The fourth-order valence-electron chi connectivity index (χ4n) is 1.58. The first kappa shape index (κ1) is 19.0. The summed E-state index contributed by atoms with van der Waals surface area (Å²) in [6, 6.07) is 8.58. The minimum absolute atomic E-state index is 0.0127. The van der Waals surface area contributed by atoms with E-state index in [0.29, 0.717) is 11.3 Å². The Morgan fingerprint density at radius 3 is 2.57 bits per heavy atom. The second-order valence-electron chi connectivity index (χ2n) is 4.09. The van der Waals surface area contributed by atoms with Gasteiger partial charge in [0, 0.05) is 12.6 Å². The Kier molecular flexibility index (Phi) is 8.17. The summed E-state index contributed by atoms with van der Waals surface area (Å²) >= 11 is 4.64. The number of carbonyl (C=O) groups excluding carboxylic acids is 1. The smallest absolute Gasteiger partial charge is 0.293 e. The lowest BCUT2D eigenvalue weighted by atomic mass is 10.2. The van der Waals surface area contributed by atoms with Gasteiger partial charge in [-0.15, -0.1) is 11.6 Å². The zero-order valence-corrected chi connectivity index (χ0v) is 13.7. The second kappa shape index (κ2) is 9.88. The second-order valence-corrected chi connectivity index (χ2v) is 5.27. The fourth-order valence-corrected chi connectivity index (χ4v) is 2.53. The van der Waals surface area contributed by atoms with Gasteiger partial charge in [0.05, 0.1) is 11.4 Å². The maximum Gasteiger partial charge on any atom is 0.293 e. The molecular formula is C14H15ClFN3O3S. The molecule has 2 aromatic rings. The number of hydrogen-bond donors (Lipinski definition) is 3. The number of anilines is 1. The molecule has 0 saturated heterocycles. The van der Waals surface area contributed by atoms with Gasteiger partial charge in [-0.2, -0.15) is 0 Å². The molecule has 1 aromatic carbocycles. The lowest BCUT2D eigenvalue weighted by Gasteiger charge is -2.07. The summed E-state index contributed by atoms with van der Waals surface area (Å²) in [5.74, 6) is -0.932. The molecule has 0 bridgehead atoms. The number of nitrogens with zero attached hydrogens (tertiary/aromatic N) is 1. The van der Waals surface area contributed by atoms with Crippen molar-refractivity contribution in [3.63, 3.8) is 0 Å². The number of alkyl halides is 1. The van der Waals surface area contributed by atoms with Gasteiger partial charge in [0.2, 0.25) is 0 Å². The van der Waals surface area contributed by atoms with Crippen molar-refractivity contribution in [1.82, 2.24) is 10.5 Å². The van der Waals surface area contributed by atoms with Crippen molar-refractivity contribution >= 4 is 34.2 Å². The Morgan fingerprint density at radius 2 is 1.96 bits per heavy atom. The maximum absolute atomic E-state index is 12.8. The van der Waals surface area contributed by atoms with Crippen molar-refractivity contribution in [1.29, 1.82) is 0 Å². The molecule has 0 radical (unpaired) electrons. The van der Waals surface area contributed by atoms with Gasteiger partial charge >= 0.3 is 0 Å². The lowest BCUT2D eigenvalue weighted by molar-refractivity contribution is 0.0701. The van der Waals surface area contributed by atoms with E-state index < -0.39 is 16.9 Å². The highest BCUT2D eigenvalue weighted by molar-refractivity contribution is 7.85. The van der Waals surface area contributed by atoms with Gasteiger partial charge in [-0.1, -0.05) is 12.1 Å². The minimum atomic E-state index is -1.45. The summed E-state index contributed by atoms with van der Waals surface area (Å²) in [5.41, 5.74) is 2.59. The van der Waals surface area contributed by atoms with Crippen LogP contribution in [0.5, 0.6) is 0 Å². The van der Waals surface area contributed by atoms with Gasteiger partial charge in [0.15, 0.2) is 0 Å². The standard InChI is InChI=1S/C13H12FN3O3S.CH3Cl/c14-10-3-1-9(2-4-10)8-21(20)17-11-5-6-15-12(7-11)13(18)16-19;1-2/h1-7,19H,8H2,(H,15,17)(H,16,18);1H3. The van der Waals surface area contributed by atoms with E-state index in [1.165, 1.54) is 42.3 Å². The van der Waals surface area contributed by atoms with Crippen molar-refractivity contribution in [3.8, 4) is 0 Å². The Hall–Kier alpha value is -2.03. The maximum atomic E-state index is 12.8. The number of benzene rings is 1. The van der Waals surface area contributed by atoms with E-state index in [2.05, 4.69) is 21.3 Å². The summed E-state index contributed by atoms with van der Waals surface area (Å²) in [6.45, 7) is 0. The van der Waals surface area contributed by atoms with Crippen LogP contribution in [0.3, 0.4) is 0 Å². The molecule has 1 heterocycles. The number of amides is 1. The minimum Gasteiger partial charge on any atom is -0.305 e. The Morgan fingerprint density at radius 1 is 1.30 bits per heavy atom. The average molecular weight is 360 g/mol. The monoisotopic (exact) mass is 359 g/mol. The Balaban J connectivity index is 0.00000127. The molecule has 124 valence electrons. The highest BCUT2D eigenvalue weighted by atomic mass is 35.5. The molecule has 0 spiro atoms. The van der Waals surface area contributed by atoms with E-state index in [4.69, 9.17) is 5.21 Å². The van der Waals surface area contributed by atoms with Crippen LogP contribution < -0.4 is 10.2 Å². The van der Waals surface area contributed by atoms with Crippen LogP contribution in [0, 0.1) is 5.82 Å². The van der Waals surface area contributed by atoms with Crippen molar-refractivity contribution in [2.45, 2.75) is 5.75 Å². The van der Waals surface area contributed by atoms with E-state index in [1.807, 2.05) is 0 Å². The van der Waals surface area contributed by atoms with Crippen molar-refractivity contribution < 1.29 is 18.6 Å². The van der Waals surface area contributed by atoms with Crippen molar-refractivity contribution in [2.24, 2.45) is 0 Å². The molecule has 1 unspecified atom stereocenters. The third-order valence-electron chi connectivity index (χ3n) is 2.54. The van der Waals surface area contributed by atoms with Gasteiger partial charge in [-0.3, -0.25) is 15.0 Å². The van der Waals surface area contributed by atoms with Gasteiger partial charge in [0.25, 0.3) is 5.91 Å². The van der Waals surface area contributed by atoms with Crippen LogP contribution in [0.4, 0.5) is 10.1 Å². The highest BCUT2D eigenvalue weighted by Crippen LogP contribution is 2.11. The third-order valence-corrected chi connectivity index (χ3v) is 3.60. The van der Waals surface area contributed by atoms with Crippen molar-refractivity contribution in [2.75, 3.05) is 11.1 Å². The lowest BCUT2D eigenvalue weighted by Crippen LogP contribution is -2.20. The topological polar surface area (TPSA) is 91.3 Å². The molecule has 1 atom stereocenters. The van der Waals surface area contributed by atoms with Crippen LogP contribution in [0.25, 0.3) is 0 Å². The first-order valence-corrected chi connectivity index (χ1v) is 8.34. The molecule has 3 N–H and O–H groups in total. The molecule has 0 aliphatic heterocycles. The zero-order valence-electron chi connectivity index (χ0n) is 12.1. The average Bonchev–Trinajstić information content (AvgIpc) is 2.58. The van der Waals surface area contributed by atoms with E-state index in [9.17, 15) is 13.4 Å². The summed E-state index contributed by atoms with van der Waals surface area (Å²) in [5, 5.41) is 8.53. The van der Waals surface area contributed by atoms with Crippen LogP contribution >= 0.6 is 11.6 Å². The molecule has 1 amide bonds. The summed E-state index contributed by atoms with van der Waals surface area (Å²) < 4.78 is 27.4. The number of carbonyl (C=O) groups is 1. The molecule has 6 nitrogen and oxygen atoms in total. The molecule has 23 heavy (non-hydrogen) atoms. The number of pyridine rings is 1. The molecule has 2 rings (SSSR count). The predicted molar refractivity (Wildman–Crippen MR) is 87.1 cm³/mol. The van der Waals surface area contributed by atoms with Crippen LogP contribution in [0.1, 0.15) is 16.1 Å². The van der Waals surface area contributed by atoms with Crippen LogP contribution in [-0.4, -0.2) is 26.7 Å². The van der Waals surface area contributed by atoms with Crippen LogP contribution in [0.15, 0.2) is 42.6 Å². The highest BCUT2D eigenvalue weighted by Gasteiger charge is 2.08. The quantitative estimate of drug-likeness (QED) is 0.434. The Bertz CT molecular complexity index is 671. The predicted octanol–water partition coefficient (Wildman–Crippen LogP) is 2.47. The largest absolute Gasteiger partial charge is 0.305 e. The van der Waals surface area contributed by atoms with Crippen LogP contribution in [-0.2, 0) is 16.7 Å². The molecule has 9 heteroatoms. The summed E-state index contributed by atoms with van der Waals surface area (Å²) in [4.78, 5) is 15.0.